The van der Waals surface area contributed by atoms with Crippen molar-refractivity contribution in [3.05, 3.63) is 27.7 Å². The minimum absolute atomic E-state index is 0.801. The van der Waals surface area contributed by atoms with Gasteiger partial charge in [-0.05, 0) is 64.0 Å². The second kappa shape index (κ2) is 8.01. The molecule has 1 aliphatic rings. The largest absolute Gasteiger partial charge is 0.493 e. The van der Waals surface area contributed by atoms with E-state index >= 15 is 0 Å². The van der Waals surface area contributed by atoms with Crippen LogP contribution in [0.1, 0.15) is 30.4 Å². The molecule has 0 spiro atoms. The summed E-state index contributed by atoms with van der Waals surface area (Å²) < 4.78 is 7.16. The van der Waals surface area contributed by atoms with Crippen molar-refractivity contribution in [2.24, 2.45) is 0 Å². The third kappa shape index (κ3) is 4.47. The monoisotopic (exact) mass is 340 g/mol. The average molecular weight is 341 g/mol. The van der Waals surface area contributed by atoms with Crippen LogP contribution in [0, 0.1) is 6.92 Å². The fourth-order valence-electron chi connectivity index (χ4n) is 2.80. The van der Waals surface area contributed by atoms with E-state index in [4.69, 9.17) is 4.74 Å². The molecule has 2 rings (SSSR count). The number of rotatable bonds is 7. The lowest BCUT2D eigenvalue weighted by molar-refractivity contribution is 0.260. The molecular weight excluding hydrogens is 316 g/mol. The van der Waals surface area contributed by atoms with Crippen molar-refractivity contribution >= 4 is 15.9 Å². The topological polar surface area (TPSA) is 24.5 Å². The molecule has 0 amide bonds. The zero-order chi connectivity index (χ0) is 14.4. The number of ether oxygens (including phenoxy) is 1. The van der Waals surface area contributed by atoms with E-state index < -0.39 is 0 Å². The van der Waals surface area contributed by atoms with E-state index in [9.17, 15) is 0 Å². The Morgan fingerprint density at radius 1 is 1.30 bits per heavy atom. The van der Waals surface area contributed by atoms with Crippen LogP contribution in [0.5, 0.6) is 5.75 Å². The van der Waals surface area contributed by atoms with Crippen molar-refractivity contribution in [3.8, 4) is 5.75 Å². The van der Waals surface area contributed by atoms with Gasteiger partial charge in [0.1, 0.15) is 5.75 Å². The van der Waals surface area contributed by atoms with E-state index in [2.05, 4.69) is 45.2 Å². The summed E-state index contributed by atoms with van der Waals surface area (Å²) >= 11 is 3.55. The summed E-state index contributed by atoms with van der Waals surface area (Å²) in [5.41, 5.74) is 2.42. The van der Waals surface area contributed by atoms with Crippen molar-refractivity contribution in [1.82, 2.24) is 10.2 Å². The summed E-state index contributed by atoms with van der Waals surface area (Å²) in [4.78, 5) is 2.53. The van der Waals surface area contributed by atoms with E-state index in [-0.39, 0.29) is 0 Å². The van der Waals surface area contributed by atoms with Gasteiger partial charge < -0.3 is 15.0 Å². The lowest BCUT2D eigenvalue weighted by atomic mass is 10.1. The zero-order valence-electron chi connectivity index (χ0n) is 12.5. The van der Waals surface area contributed by atoms with Crippen LogP contribution >= 0.6 is 15.9 Å². The Morgan fingerprint density at radius 2 is 2.05 bits per heavy atom. The molecule has 0 atom stereocenters. The van der Waals surface area contributed by atoms with Crippen LogP contribution < -0.4 is 10.1 Å². The molecule has 1 aliphatic heterocycles. The molecule has 0 radical (unpaired) electrons. The molecule has 4 heteroatoms. The van der Waals surface area contributed by atoms with E-state index in [1.165, 1.54) is 37.1 Å². The number of hydrogen-bond acceptors (Lipinski definition) is 3. The fraction of sp³-hybridized carbons (Fsp3) is 0.625. The predicted octanol–water partition coefficient (Wildman–Crippen LogP) is 3.34. The summed E-state index contributed by atoms with van der Waals surface area (Å²) in [5.74, 6) is 1.05. The summed E-state index contributed by atoms with van der Waals surface area (Å²) in [7, 11) is 1.97. The van der Waals surface area contributed by atoms with Crippen LogP contribution in [0.15, 0.2) is 16.6 Å². The summed E-state index contributed by atoms with van der Waals surface area (Å²) in [5, 5.41) is 3.20. The molecule has 1 N–H and O–H groups in total. The Labute approximate surface area is 130 Å². The number of nitrogens with zero attached hydrogens (tertiary/aromatic N) is 1. The van der Waals surface area contributed by atoms with Gasteiger partial charge >= 0.3 is 0 Å². The zero-order valence-corrected chi connectivity index (χ0v) is 14.1. The molecule has 1 aromatic rings. The first-order valence-corrected chi connectivity index (χ1v) is 8.29. The molecule has 0 unspecified atom stereocenters. The van der Waals surface area contributed by atoms with Gasteiger partial charge in [0.15, 0.2) is 0 Å². The smallest absolute Gasteiger partial charge is 0.126 e. The van der Waals surface area contributed by atoms with Gasteiger partial charge in [0.25, 0.3) is 0 Å². The van der Waals surface area contributed by atoms with Crippen LogP contribution in [-0.2, 0) is 6.54 Å². The van der Waals surface area contributed by atoms with E-state index in [0.717, 1.165) is 36.3 Å². The molecule has 0 saturated carbocycles. The average Bonchev–Trinajstić information content (AvgIpc) is 2.90. The Morgan fingerprint density at radius 3 is 2.75 bits per heavy atom. The normalized spacial score (nSPS) is 15.8. The van der Waals surface area contributed by atoms with Crippen molar-refractivity contribution < 1.29 is 4.74 Å². The van der Waals surface area contributed by atoms with Gasteiger partial charge in [-0.1, -0.05) is 15.9 Å². The second-order valence-electron chi connectivity index (χ2n) is 5.49. The van der Waals surface area contributed by atoms with Crippen molar-refractivity contribution in [1.29, 1.82) is 0 Å². The molecule has 1 saturated heterocycles. The number of hydrogen-bond donors (Lipinski definition) is 1. The number of nitrogens with one attached hydrogen (secondary N) is 1. The highest BCUT2D eigenvalue weighted by molar-refractivity contribution is 9.10. The third-order valence-electron chi connectivity index (χ3n) is 3.75. The molecule has 112 valence electrons. The quantitative estimate of drug-likeness (QED) is 0.770. The van der Waals surface area contributed by atoms with Gasteiger partial charge in [-0.15, -0.1) is 0 Å². The Kier molecular flexibility index (Phi) is 6.33. The minimum atomic E-state index is 0.801. The van der Waals surface area contributed by atoms with Crippen LogP contribution in [0.3, 0.4) is 0 Å². The lowest BCUT2D eigenvalue weighted by Crippen LogP contribution is -2.22. The predicted molar refractivity (Wildman–Crippen MR) is 87.4 cm³/mol. The lowest BCUT2D eigenvalue weighted by Gasteiger charge is -2.17. The number of aryl methyl sites for hydroxylation is 1. The summed E-state index contributed by atoms with van der Waals surface area (Å²) in [6, 6.07) is 4.26. The maximum absolute atomic E-state index is 6.05. The summed E-state index contributed by atoms with van der Waals surface area (Å²) in [6.45, 7) is 7.44. The van der Waals surface area contributed by atoms with E-state index in [1.54, 1.807) is 0 Å². The van der Waals surface area contributed by atoms with Gasteiger partial charge in [0, 0.05) is 23.1 Å². The number of likely N-dealkylation sites (tertiary alicyclic amines) is 1. The van der Waals surface area contributed by atoms with Crippen LogP contribution in [0.25, 0.3) is 0 Å². The molecular formula is C16H25BrN2O. The molecule has 0 aromatic heterocycles. The highest BCUT2D eigenvalue weighted by Crippen LogP contribution is 2.28. The third-order valence-corrected chi connectivity index (χ3v) is 4.21. The summed E-state index contributed by atoms with van der Waals surface area (Å²) in [6.07, 6.45) is 3.83. The van der Waals surface area contributed by atoms with E-state index in [0.29, 0.717) is 0 Å². The highest BCUT2D eigenvalue weighted by Gasteiger charge is 2.12. The number of halogens is 1. The molecule has 20 heavy (non-hydrogen) atoms. The minimum Gasteiger partial charge on any atom is -0.493 e. The molecule has 1 aromatic carbocycles. The molecule has 3 nitrogen and oxygen atoms in total. The first kappa shape index (κ1) is 15.8. The van der Waals surface area contributed by atoms with Gasteiger partial charge in [-0.3, -0.25) is 0 Å². The Hall–Kier alpha value is -0.580. The van der Waals surface area contributed by atoms with Crippen LogP contribution in [0.4, 0.5) is 0 Å². The Bertz CT molecular complexity index is 431. The standard InChI is InChI=1S/C16H25BrN2O/c1-13-10-15(17)11-14(12-18-2)16(13)20-9-5-8-19-6-3-4-7-19/h10-11,18H,3-9,12H2,1-2H3. The van der Waals surface area contributed by atoms with Crippen molar-refractivity contribution in [3.63, 3.8) is 0 Å². The maximum Gasteiger partial charge on any atom is 0.126 e. The SMILES string of the molecule is CNCc1cc(Br)cc(C)c1OCCCN1CCCC1. The number of benzene rings is 1. The fourth-order valence-corrected chi connectivity index (χ4v) is 3.42. The van der Waals surface area contributed by atoms with Gasteiger partial charge in [0.2, 0.25) is 0 Å². The van der Waals surface area contributed by atoms with Gasteiger partial charge in [-0.25, -0.2) is 0 Å². The maximum atomic E-state index is 6.05. The van der Waals surface area contributed by atoms with Gasteiger partial charge in [-0.2, -0.15) is 0 Å². The van der Waals surface area contributed by atoms with Crippen molar-refractivity contribution in [2.75, 3.05) is 33.3 Å². The molecule has 1 heterocycles. The molecule has 0 aliphatic carbocycles. The van der Waals surface area contributed by atoms with E-state index in [1.807, 2.05) is 7.05 Å². The van der Waals surface area contributed by atoms with Gasteiger partial charge in [0.05, 0.1) is 6.61 Å². The molecule has 1 fully saturated rings. The second-order valence-corrected chi connectivity index (χ2v) is 6.41. The van der Waals surface area contributed by atoms with Crippen LogP contribution in [0.2, 0.25) is 0 Å². The van der Waals surface area contributed by atoms with Crippen molar-refractivity contribution in [2.45, 2.75) is 32.7 Å². The van der Waals surface area contributed by atoms with Crippen LogP contribution in [-0.4, -0.2) is 38.2 Å². The molecule has 0 bridgehead atoms. The first-order chi connectivity index (χ1) is 9.70. The highest BCUT2D eigenvalue weighted by atomic mass is 79.9. The Balaban J connectivity index is 1.87. The first-order valence-electron chi connectivity index (χ1n) is 7.49.